The van der Waals surface area contributed by atoms with Crippen molar-refractivity contribution in [1.29, 1.82) is 0 Å². The lowest BCUT2D eigenvalue weighted by Gasteiger charge is -2.35. The Morgan fingerprint density at radius 3 is 2.62 bits per heavy atom. The normalized spacial score (nSPS) is 16.8. The van der Waals surface area contributed by atoms with Gasteiger partial charge in [-0.2, -0.15) is 0 Å². The van der Waals surface area contributed by atoms with Crippen LogP contribution in [-0.2, 0) is 16.0 Å². The van der Waals surface area contributed by atoms with Gasteiger partial charge in [-0.3, -0.25) is 9.78 Å². The Kier molecular flexibility index (Phi) is 6.97. The summed E-state index contributed by atoms with van der Waals surface area (Å²) in [5.41, 5.74) is 0.191. The van der Waals surface area contributed by atoms with E-state index in [1.54, 1.807) is 23.2 Å². The van der Waals surface area contributed by atoms with Gasteiger partial charge in [-0.15, -0.1) is 0 Å². The Labute approximate surface area is 154 Å². The minimum atomic E-state index is -0.622. The number of hydrogen-bond donors (Lipinski definition) is 2. The fourth-order valence-electron chi connectivity index (χ4n) is 2.91. The largest absolute Gasteiger partial charge is 0.444 e. The number of amides is 2. The monoisotopic (exact) mass is 363 g/mol. The smallest absolute Gasteiger partial charge is 0.410 e. The van der Waals surface area contributed by atoms with E-state index in [9.17, 15) is 14.7 Å². The van der Waals surface area contributed by atoms with Gasteiger partial charge in [0.25, 0.3) is 0 Å². The first-order chi connectivity index (χ1) is 12.2. The second-order valence-corrected chi connectivity index (χ2v) is 7.67. The van der Waals surface area contributed by atoms with Gasteiger partial charge < -0.3 is 20.1 Å². The molecule has 1 aromatic heterocycles. The maximum absolute atomic E-state index is 12.1. The molecule has 1 aliphatic rings. The molecule has 0 radical (unpaired) electrons. The fraction of sp³-hybridized carbons (Fsp3) is 0.632. The molecule has 1 saturated heterocycles. The van der Waals surface area contributed by atoms with Gasteiger partial charge in [0, 0.05) is 31.5 Å². The molecule has 1 fully saturated rings. The average molecular weight is 363 g/mol. The minimum absolute atomic E-state index is 0.0591. The van der Waals surface area contributed by atoms with Crippen LogP contribution in [0.4, 0.5) is 4.79 Å². The van der Waals surface area contributed by atoms with E-state index in [1.807, 2.05) is 26.8 Å². The van der Waals surface area contributed by atoms with Crippen LogP contribution in [0.5, 0.6) is 0 Å². The number of carbonyl (C=O) groups is 2. The van der Waals surface area contributed by atoms with Crippen LogP contribution in [0.25, 0.3) is 0 Å². The summed E-state index contributed by atoms with van der Waals surface area (Å²) < 4.78 is 5.37. The molecule has 1 aliphatic heterocycles. The second kappa shape index (κ2) is 8.98. The Morgan fingerprint density at radius 2 is 2.04 bits per heavy atom. The van der Waals surface area contributed by atoms with Gasteiger partial charge in [-0.1, -0.05) is 6.07 Å². The third-order valence-corrected chi connectivity index (χ3v) is 4.31. The van der Waals surface area contributed by atoms with E-state index in [4.69, 9.17) is 4.74 Å². The number of nitrogens with one attached hydrogen (secondary N) is 1. The molecular formula is C19H29N3O4. The summed E-state index contributed by atoms with van der Waals surface area (Å²) in [6.45, 7) is 6.85. The predicted octanol–water partition coefficient (Wildman–Crippen LogP) is 1.75. The number of hydrogen-bond acceptors (Lipinski definition) is 5. The van der Waals surface area contributed by atoms with Gasteiger partial charge in [0.2, 0.25) is 5.91 Å². The zero-order valence-corrected chi connectivity index (χ0v) is 15.8. The van der Waals surface area contributed by atoms with Crippen molar-refractivity contribution in [3.63, 3.8) is 0 Å². The first kappa shape index (κ1) is 20.2. The minimum Gasteiger partial charge on any atom is -0.444 e. The molecular weight excluding hydrogens is 334 g/mol. The van der Waals surface area contributed by atoms with E-state index in [-0.39, 0.29) is 30.9 Å². The van der Waals surface area contributed by atoms with Gasteiger partial charge in [-0.05, 0) is 51.7 Å². The number of rotatable bonds is 5. The summed E-state index contributed by atoms with van der Waals surface area (Å²) >= 11 is 0. The molecule has 144 valence electrons. The fourth-order valence-corrected chi connectivity index (χ4v) is 2.91. The summed E-state index contributed by atoms with van der Waals surface area (Å²) in [6.07, 6.45) is 2.30. The highest BCUT2D eigenvalue weighted by Gasteiger charge is 2.30. The topological polar surface area (TPSA) is 91.8 Å². The Hall–Kier alpha value is -2.15. The molecule has 2 rings (SSSR count). The zero-order chi connectivity index (χ0) is 19.2. The van der Waals surface area contributed by atoms with Crippen LogP contribution in [0.3, 0.4) is 0 Å². The number of aliphatic hydroxyl groups is 1. The molecule has 2 heterocycles. The Morgan fingerprint density at radius 1 is 1.35 bits per heavy atom. The molecule has 0 saturated carbocycles. The van der Waals surface area contributed by atoms with E-state index >= 15 is 0 Å². The molecule has 26 heavy (non-hydrogen) atoms. The van der Waals surface area contributed by atoms with Crippen LogP contribution in [0.15, 0.2) is 24.4 Å². The molecule has 7 heteroatoms. The Balaban J connectivity index is 1.70. The maximum Gasteiger partial charge on any atom is 0.410 e. The number of aliphatic hydroxyl groups excluding tert-OH is 1. The summed E-state index contributed by atoms with van der Waals surface area (Å²) in [4.78, 5) is 29.8. The molecule has 0 aromatic carbocycles. The lowest BCUT2D eigenvalue weighted by Crippen LogP contribution is -2.45. The predicted molar refractivity (Wildman–Crippen MR) is 97.5 cm³/mol. The highest BCUT2D eigenvalue weighted by atomic mass is 16.6. The molecule has 0 bridgehead atoms. The van der Waals surface area contributed by atoms with E-state index in [1.165, 1.54) is 0 Å². The summed E-state index contributed by atoms with van der Waals surface area (Å²) in [5, 5.41) is 13.1. The SMILES string of the molecule is CC(C)(C)OC(=O)N1CCC(C(O)CNC(=O)Cc2ccccn2)CC1. The van der Waals surface area contributed by atoms with Crippen molar-refractivity contribution in [3.8, 4) is 0 Å². The molecule has 7 nitrogen and oxygen atoms in total. The number of pyridine rings is 1. The van der Waals surface area contributed by atoms with Crippen LogP contribution in [0.2, 0.25) is 0 Å². The van der Waals surface area contributed by atoms with Crippen LogP contribution >= 0.6 is 0 Å². The van der Waals surface area contributed by atoms with Gasteiger partial charge >= 0.3 is 6.09 Å². The van der Waals surface area contributed by atoms with E-state index in [0.717, 1.165) is 0 Å². The van der Waals surface area contributed by atoms with Crippen LogP contribution in [0, 0.1) is 5.92 Å². The lowest BCUT2D eigenvalue weighted by molar-refractivity contribution is -0.121. The summed E-state index contributed by atoms with van der Waals surface area (Å²) in [6, 6.07) is 5.43. The highest BCUT2D eigenvalue weighted by Crippen LogP contribution is 2.22. The van der Waals surface area contributed by atoms with Crippen molar-refractivity contribution >= 4 is 12.0 Å². The second-order valence-electron chi connectivity index (χ2n) is 7.67. The quantitative estimate of drug-likeness (QED) is 0.831. The third kappa shape index (κ3) is 6.63. The van der Waals surface area contributed by atoms with Crippen molar-refractivity contribution in [1.82, 2.24) is 15.2 Å². The summed E-state index contributed by atoms with van der Waals surface area (Å²) in [5.74, 6) is -0.0993. The van der Waals surface area contributed by atoms with Crippen molar-refractivity contribution in [3.05, 3.63) is 30.1 Å². The standard InChI is InChI=1S/C19H29N3O4/c1-19(2,3)26-18(25)22-10-7-14(8-11-22)16(23)13-21-17(24)12-15-6-4-5-9-20-15/h4-6,9,14,16,23H,7-8,10-13H2,1-3H3,(H,21,24). The van der Waals surface area contributed by atoms with Crippen LogP contribution in [0.1, 0.15) is 39.3 Å². The number of nitrogens with zero attached hydrogens (tertiary/aromatic N) is 2. The molecule has 0 spiro atoms. The van der Waals surface area contributed by atoms with E-state index < -0.39 is 11.7 Å². The van der Waals surface area contributed by atoms with Gasteiger partial charge in [0.05, 0.1) is 12.5 Å². The highest BCUT2D eigenvalue weighted by molar-refractivity contribution is 5.78. The van der Waals surface area contributed by atoms with Crippen molar-refractivity contribution in [2.75, 3.05) is 19.6 Å². The first-order valence-electron chi connectivity index (χ1n) is 9.07. The number of ether oxygens (including phenoxy) is 1. The van der Waals surface area contributed by atoms with Gasteiger partial charge in [0.15, 0.2) is 0 Å². The maximum atomic E-state index is 12.1. The average Bonchev–Trinajstić information content (AvgIpc) is 2.59. The molecule has 1 aromatic rings. The van der Waals surface area contributed by atoms with Crippen molar-refractivity contribution in [2.45, 2.75) is 51.7 Å². The molecule has 2 amide bonds. The van der Waals surface area contributed by atoms with Crippen LogP contribution < -0.4 is 5.32 Å². The number of likely N-dealkylation sites (tertiary alicyclic amines) is 1. The van der Waals surface area contributed by atoms with Gasteiger partial charge in [-0.25, -0.2) is 4.79 Å². The molecule has 1 atom stereocenters. The van der Waals surface area contributed by atoms with E-state index in [2.05, 4.69) is 10.3 Å². The molecule has 2 N–H and O–H groups in total. The number of piperidine rings is 1. The molecule has 0 aliphatic carbocycles. The number of carbonyl (C=O) groups excluding carboxylic acids is 2. The Bertz CT molecular complexity index is 593. The van der Waals surface area contributed by atoms with Crippen LogP contribution in [-0.4, -0.2) is 58.3 Å². The number of aromatic nitrogens is 1. The lowest BCUT2D eigenvalue weighted by atomic mass is 9.91. The first-order valence-corrected chi connectivity index (χ1v) is 9.07. The zero-order valence-electron chi connectivity index (χ0n) is 15.8. The van der Waals surface area contributed by atoms with Crippen molar-refractivity contribution < 1.29 is 19.4 Å². The third-order valence-electron chi connectivity index (χ3n) is 4.31. The van der Waals surface area contributed by atoms with Crippen molar-refractivity contribution in [2.24, 2.45) is 5.92 Å². The van der Waals surface area contributed by atoms with Gasteiger partial charge in [0.1, 0.15) is 5.60 Å². The van der Waals surface area contributed by atoms with E-state index in [0.29, 0.717) is 31.6 Å². The molecule has 1 unspecified atom stereocenters. The summed E-state index contributed by atoms with van der Waals surface area (Å²) in [7, 11) is 0.